The molecule has 0 saturated carbocycles. The Morgan fingerprint density at radius 2 is 1.45 bits per heavy atom. The highest BCUT2D eigenvalue weighted by molar-refractivity contribution is 6.12. The number of hydrogen-bond donors (Lipinski definition) is 2. The van der Waals surface area contributed by atoms with Gasteiger partial charge in [0.05, 0.1) is 22.5 Å². The quantitative estimate of drug-likeness (QED) is 0.321. The number of hydrogen-bond acceptors (Lipinski definition) is 1. The van der Waals surface area contributed by atoms with Gasteiger partial charge in [0.15, 0.2) is 5.96 Å². The Labute approximate surface area is 180 Å². The van der Waals surface area contributed by atoms with Crippen LogP contribution in [-0.2, 0) is 10.2 Å². The lowest BCUT2D eigenvalue weighted by molar-refractivity contribution is -0.124. The maximum Gasteiger partial charge on any atom is 0.258 e. The van der Waals surface area contributed by atoms with Gasteiger partial charge in [0, 0.05) is 5.41 Å². The molecule has 154 valence electrons. The Morgan fingerprint density at radius 1 is 1.00 bits per heavy atom. The van der Waals surface area contributed by atoms with E-state index in [1.165, 1.54) is 16.7 Å². The second-order valence-corrected chi connectivity index (χ2v) is 8.37. The van der Waals surface area contributed by atoms with Gasteiger partial charge in [0.2, 0.25) is 0 Å². The fraction of sp³-hybridized carbons (Fsp3) is 0.565. The number of aliphatic imine (C=N–C) groups is 1. The molecule has 29 heavy (non-hydrogen) atoms. The van der Waals surface area contributed by atoms with Gasteiger partial charge in [-0.3, -0.25) is 4.79 Å². The lowest BCUT2D eigenvalue weighted by atomic mass is 9.63. The molecule has 1 aromatic carbocycles. The van der Waals surface area contributed by atoms with Crippen molar-refractivity contribution in [1.29, 1.82) is 0 Å². The first kappa shape index (κ1) is 23.3. The summed E-state index contributed by atoms with van der Waals surface area (Å²) in [4.78, 5) is 16.6. The molecule has 4 nitrogen and oxygen atoms in total. The van der Waals surface area contributed by atoms with Crippen molar-refractivity contribution in [2.24, 2.45) is 21.9 Å². The molecule has 0 aliphatic heterocycles. The molecule has 0 spiro atoms. The number of allylic oxidation sites excluding steroid dienone is 1. The Morgan fingerprint density at radius 3 is 1.79 bits per heavy atom. The molecule has 1 rings (SSSR count). The van der Waals surface area contributed by atoms with Crippen LogP contribution >= 0.6 is 0 Å². The average molecular weight is 392 g/mol. The normalized spacial score (nSPS) is 16.9. The van der Waals surface area contributed by atoms with E-state index in [0.29, 0.717) is 18.0 Å². The lowest BCUT2D eigenvalue weighted by Gasteiger charge is -2.36. The third kappa shape index (κ3) is 4.62. The number of amides is 1. The van der Waals surface area contributed by atoms with Crippen molar-refractivity contribution in [3.63, 3.8) is 0 Å². The molecule has 1 amide bonds. The first-order valence-electron chi connectivity index (χ1n) is 10.6. The predicted octanol–water partition coefficient (Wildman–Crippen LogP) is 3.80. The van der Waals surface area contributed by atoms with Crippen LogP contribution in [0.4, 0.5) is 0 Å². The molecular weight excluding hydrogens is 356 g/mol. The largest absolute Gasteiger partial charge is 0.370 e. The van der Waals surface area contributed by atoms with E-state index in [1.54, 1.807) is 6.92 Å². The van der Waals surface area contributed by atoms with Crippen LogP contribution < -0.4 is 11.5 Å². The molecule has 2 atom stereocenters. The van der Waals surface area contributed by atoms with Crippen LogP contribution in [0.5, 0.6) is 0 Å². The number of rotatable bonds is 7. The molecule has 0 fully saturated rings. The number of guanidine groups is 1. The van der Waals surface area contributed by atoms with Gasteiger partial charge in [-0.05, 0) is 81.3 Å². The molecule has 4 N–H and O–H groups in total. The fourth-order valence-corrected chi connectivity index (χ4v) is 4.07. The summed E-state index contributed by atoms with van der Waals surface area (Å²) in [6, 6.07) is 0.299. The lowest BCUT2D eigenvalue weighted by Crippen LogP contribution is -2.34. The zero-order valence-corrected chi connectivity index (χ0v) is 19.3. The Balaban J connectivity index is 3.98. The van der Waals surface area contributed by atoms with Crippen LogP contribution in [0.15, 0.2) is 16.6 Å². The van der Waals surface area contributed by atoms with E-state index in [-0.39, 0.29) is 18.6 Å². The van der Waals surface area contributed by atoms with Gasteiger partial charge >= 0.3 is 0 Å². The Hall–Kier alpha value is -1.97. The molecule has 0 aromatic heterocycles. The van der Waals surface area contributed by atoms with E-state index < -0.39 is 16.7 Å². The zero-order valence-electron chi connectivity index (χ0n) is 20.3. The molecule has 6 heteroatoms. The summed E-state index contributed by atoms with van der Waals surface area (Å²) in [5.41, 5.74) is 16.4. The van der Waals surface area contributed by atoms with Crippen LogP contribution in [0.1, 0.15) is 61.9 Å². The first-order chi connectivity index (χ1) is 13.7. The molecule has 0 heterocycles. The standard InChI is InChI=1S/C23H35B2N3O/c1-9-18(23(8,12-25)20(29)28-21(26)27)10-22(7,11-24)19-16(5)14(3)13(2)15(4)17(19)6/h10H,9,11-12H2,1-8H3,(H4,26,27,28,29)/i10D. The monoisotopic (exact) mass is 392 g/mol. The molecule has 0 aliphatic carbocycles. The summed E-state index contributed by atoms with van der Waals surface area (Å²) in [6.07, 6.45) is 0.657. The second-order valence-electron chi connectivity index (χ2n) is 8.37. The average Bonchev–Trinajstić information content (AvgIpc) is 2.70. The van der Waals surface area contributed by atoms with Gasteiger partial charge in [-0.2, -0.15) is 4.99 Å². The smallest absolute Gasteiger partial charge is 0.258 e. The predicted molar refractivity (Wildman–Crippen MR) is 126 cm³/mol. The topological polar surface area (TPSA) is 81.5 Å². The SMILES string of the molecule is [2H]C(=C(CC)C(C)(C[B])C(=O)N=C(N)N)C(C)(C[B])c1c(C)c(C)c(C)c(C)c1C. The maximum absolute atomic E-state index is 12.9. The van der Waals surface area contributed by atoms with Gasteiger partial charge in [-0.1, -0.05) is 38.1 Å². The molecule has 0 saturated heterocycles. The van der Waals surface area contributed by atoms with Crippen LogP contribution in [0.25, 0.3) is 0 Å². The number of nitrogens with two attached hydrogens (primary N) is 2. The van der Waals surface area contributed by atoms with E-state index >= 15 is 0 Å². The van der Waals surface area contributed by atoms with Gasteiger partial charge in [0.25, 0.3) is 5.91 Å². The third-order valence-electron chi connectivity index (χ3n) is 6.52. The van der Waals surface area contributed by atoms with E-state index in [9.17, 15) is 6.17 Å². The van der Waals surface area contributed by atoms with Gasteiger partial charge in [-0.15, -0.1) is 0 Å². The van der Waals surface area contributed by atoms with Crippen molar-refractivity contribution in [2.45, 2.75) is 79.9 Å². The molecule has 2 unspecified atom stereocenters. The molecular formula is C23H35B2N3O. The number of nitrogens with zero attached hydrogens (tertiary/aromatic N) is 1. The molecule has 0 aliphatic rings. The summed E-state index contributed by atoms with van der Waals surface area (Å²) in [5.74, 6) is -0.865. The van der Waals surface area contributed by atoms with Crippen LogP contribution in [0.2, 0.25) is 12.6 Å². The highest BCUT2D eigenvalue weighted by Gasteiger charge is 2.37. The molecule has 1 aromatic rings. The molecule has 4 radical (unpaired) electrons. The van der Waals surface area contributed by atoms with Crippen molar-refractivity contribution in [1.82, 2.24) is 0 Å². The minimum atomic E-state index is -1.19. The third-order valence-corrected chi connectivity index (χ3v) is 6.52. The van der Waals surface area contributed by atoms with Gasteiger partial charge in [0.1, 0.15) is 0 Å². The summed E-state index contributed by atoms with van der Waals surface area (Å²) >= 11 is 0. The van der Waals surface area contributed by atoms with Crippen LogP contribution in [0, 0.1) is 40.0 Å². The minimum absolute atomic E-state index is 0.0151. The van der Waals surface area contributed by atoms with Gasteiger partial charge in [-0.25, -0.2) is 0 Å². The first-order valence-corrected chi connectivity index (χ1v) is 10.1. The van der Waals surface area contributed by atoms with E-state index in [0.717, 1.165) is 16.7 Å². The summed E-state index contributed by atoms with van der Waals surface area (Å²) in [5, 5.41) is 0. The summed E-state index contributed by atoms with van der Waals surface area (Å²) in [7, 11) is 12.3. The van der Waals surface area contributed by atoms with E-state index in [1.807, 2.05) is 13.8 Å². The van der Waals surface area contributed by atoms with Crippen molar-refractivity contribution >= 4 is 27.6 Å². The second kappa shape index (κ2) is 9.23. The van der Waals surface area contributed by atoms with Crippen molar-refractivity contribution < 1.29 is 6.17 Å². The Bertz CT molecular complexity index is 877. The van der Waals surface area contributed by atoms with Crippen molar-refractivity contribution in [3.8, 4) is 0 Å². The number of carbonyl (C=O) groups is 1. The fourth-order valence-electron chi connectivity index (χ4n) is 4.07. The number of carbonyl (C=O) groups excluding carboxylic acids is 1. The summed E-state index contributed by atoms with van der Waals surface area (Å²) in [6.45, 7) is 16.0. The Kier molecular flexibility index (Phi) is 7.42. The van der Waals surface area contributed by atoms with Crippen LogP contribution in [-0.4, -0.2) is 27.6 Å². The van der Waals surface area contributed by atoms with Crippen molar-refractivity contribution in [3.05, 3.63) is 45.0 Å². The minimum Gasteiger partial charge on any atom is -0.370 e. The maximum atomic E-state index is 12.9. The zero-order chi connectivity index (χ0) is 23.6. The highest BCUT2D eigenvalue weighted by atomic mass is 16.1. The summed E-state index contributed by atoms with van der Waals surface area (Å²) < 4.78 is 9.22. The highest BCUT2D eigenvalue weighted by Crippen LogP contribution is 2.43. The number of benzene rings is 1. The molecule has 0 bridgehead atoms. The van der Waals surface area contributed by atoms with Crippen molar-refractivity contribution in [2.75, 3.05) is 0 Å². The van der Waals surface area contributed by atoms with E-state index in [2.05, 4.69) is 39.6 Å². The van der Waals surface area contributed by atoms with Crippen LogP contribution in [0.3, 0.4) is 0 Å². The van der Waals surface area contributed by atoms with E-state index in [4.69, 9.17) is 27.2 Å². The van der Waals surface area contributed by atoms with Gasteiger partial charge < -0.3 is 11.5 Å².